The molecule has 0 heterocycles. The zero-order valence-electron chi connectivity index (χ0n) is 12.1. The molecule has 1 unspecified atom stereocenters. The van der Waals surface area contributed by atoms with Crippen LogP contribution in [0.25, 0.3) is 0 Å². The summed E-state index contributed by atoms with van der Waals surface area (Å²) in [5, 5.41) is 3.15. The predicted molar refractivity (Wildman–Crippen MR) is 70.3 cm³/mol. The number of nitrogens with one attached hydrogen (secondary N) is 1. The highest BCUT2D eigenvalue weighted by molar-refractivity contribution is 5.79. The summed E-state index contributed by atoms with van der Waals surface area (Å²) in [6, 6.07) is 0. The first-order chi connectivity index (χ1) is 7.19. The molecular formula is C14H29NO. The molecule has 0 saturated heterocycles. The van der Waals surface area contributed by atoms with Crippen LogP contribution in [-0.4, -0.2) is 11.4 Å². The zero-order chi connectivity index (χ0) is 12.9. The van der Waals surface area contributed by atoms with Crippen molar-refractivity contribution in [1.82, 2.24) is 5.32 Å². The van der Waals surface area contributed by atoms with Crippen molar-refractivity contribution in [2.24, 2.45) is 17.8 Å². The Morgan fingerprint density at radius 3 is 2.00 bits per heavy atom. The monoisotopic (exact) mass is 227 g/mol. The third-order valence-corrected chi connectivity index (χ3v) is 3.21. The lowest BCUT2D eigenvalue weighted by atomic mass is 9.86. The lowest BCUT2D eigenvalue weighted by molar-refractivity contribution is -0.128. The quantitative estimate of drug-likeness (QED) is 0.738. The molecule has 0 aromatic rings. The largest absolute Gasteiger partial charge is 0.351 e. The third kappa shape index (κ3) is 5.53. The molecular weight excluding hydrogens is 198 g/mol. The van der Waals surface area contributed by atoms with E-state index in [1.54, 1.807) is 0 Å². The minimum Gasteiger partial charge on any atom is -0.351 e. The van der Waals surface area contributed by atoms with Gasteiger partial charge in [0, 0.05) is 11.5 Å². The van der Waals surface area contributed by atoms with Gasteiger partial charge in [-0.05, 0) is 38.5 Å². The van der Waals surface area contributed by atoms with E-state index in [0.29, 0.717) is 11.8 Å². The molecule has 2 heteroatoms. The maximum atomic E-state index is 12.2. The van der Waals surface area contributed by atoms with E-state index >= 15 is 0 Å². The molecule has 16 heavy (non-hydrogen) atoms. The normalized spacial score (nSPS) is 14.3. The van der Waals surface area contributed by atoms with Crippen LogP contribution in [0.1, 0.15) is 61.3 Å². The van der Waals surface area contributed by atoms with Crippen LogP contribution < -0.4 is 5.32 Å². The van der Waals surface area contributed by atoms with Gasteiger partial charge in [-0.25, -0.2) is 0 Å². The third-order valence-electron chi connectivity index (χ3n) is 3.21. The van der Waals surface area contributed by atoms with Gasteiger partial charge in [0.15, 0.2) is 0 Å². The first kappa shape index (κ1) is 15.5. The molecule has 0 spiro atoms. The molecule has 0 aliphatic rings. The average molecular weight is 227 g/mol. The van der Waals surface area contributed by atoms with Gasteiger partial charge in [-0.3, -0.25) is 4.79 Å². The molecule has 1 amide bonds. The molecule has 0 aliphatic heterocycles. The first-order valence-electron chi connectivity index (χ1n) is 6.51. The van der Waals surface area contributed by atoms with Gasteiger partial charge in [-0.2, -0.15) is 0 Å². The number of rotatable bonds is 6. The van der Waals surface area contributed by atoms with E-state index in [-0.39, 0.29) is 17.4 Å². The van der Waals surface area contributed by atoms with Crippen molar-refractivity contribution in [3.05, 3.63) is 0 Å². The van der Waals surface area contributed by atoms with E-state index in [0.717, 1.165) is 12.8 Å². The molecule has 0 aromatic carbocycles. The molecule has 2 nitrogen and oxygen atoms in total. The van der Waals surface area contributed by atoms with Gasteiger partial charge in [0.25, 0.3) is 0 Å². The van der Waals surface area contributed by atoms with Crippen LogP contribution >= 0.6 is 0 Å². The van der Waals surface area contributed by atoms with Gasteiger partial charge < -0.3 is 5.32 Å². The molecule has 0 saturated carbocycles. The van der Waals surface area contributed by atoms with Crippen LogP contribution in [-0.2, 0) is 4.79 Å². The Kier molecular flexibility index (Phi) is 6.06. The summed E-state index contributed by atoms with van der Waals surface area (Å²) < 4.78 is 0. The molecule has 0 fully saturated rings. The van der Waals surface area contributed by atoms with E-state index in [2.05, 4.69) is 53.8 Å². The van der Waals surface area contributed by atoms with Crippen molar-refractivity contribution < 1.29 is 4.79 Å². The molecule has 1 atom stereocenters. The summed E-state index contributed by atoms with van der Waals surface area (Å²) in [5.41, 5.74) is -0.0821. The second-order valence-electron chi connectivity index (χ2n) is 6.21. The highest BCUT2D eigenvalue weighted by atomic mass is 16.2. The Balaban J connectivity index is 4.51. The lowest BCUT2D eigenvalue weighted by Crippen LogP contribution is -2.46. The molecule has 0 rings (SSSR count). The van der Waals surface area contributed by atoms with Gasteiger partial charge in [0.05, 0.1) is 0 Å². The second kappa shape index (κ2) is 6.27. The zero-order valence-corrected chi connectivity index (χ0v) is 12.1. The van der Waals surface area contributed by atoms with Gasteiger partial charge in [-0.15, -0.1) is 0 Å². The Labute approximate surface area is 101 Å². The van der Waals surface area contributed by atoms with Gasteiger partial charge >= 0.3 is 0 Å². The van der Waals surface area contributed by atoms with Gasteiger partial charge in [-0.1, -0.05) is 34.6 Å². The number of amides is 1. The van der Waals surface area contributed by atoms with Crippen molar-refractivity contribution in [3.8, 4) is 0 Å². The minimum absolute atomic E-state index is 0.0821. The topological polar surface area (TPSA) is 29.1 Å². The fourth-order valence-corrected chi connectivity index (χ4v) is 1.70. The van der Waals surface area contributed by atoms with E-state index in [1.807, 2.05) is 0 Å². The van der Waals surface area contributed by atoms with E-state index in [4.69, 9.17) is 0 Å². The van der Waals surface area contributed by atoms with Crippen LogP contribution in [0.3, 0.4) is 0 Å². The van der Waals surface area contributed by atoms with Gasteiger partial charge in [0.2, 0.25) is 5.91 Å². The highest BCUT2D eigenvalue weighted by Crippen LogP contribution is 2.21. The predicted octanol–water partition coefficient (Wildman–Crippen LogP) is 3.61. The summed E-state index contributed by atoms with van der Waals surface area (Å²) in [7, 11) is 0. The van der Waals surface area contributed by atoms with Crippen LogP contribution in [0, 0.1) is 17.8 Å². The fraction of sp³-hybridized carbons (Fsp3) is 0.929. The SMILES string of the molecule is CCC(C)(C)NC(=O)C(CC(C)C)C(C)C. The van der Waals surface area contributed by atoms with Crippen molar-refractivity contribution >= 4 is 5.91 Å². The standard InChI is InChI=1S/C14H29NO/c1-8-14(6,7)15-13(16)12(11(4)5)9-10(2)3/h10-12H,8-9H2,1-7H3,(H,15,16). The van der Waals surface area contributed by atoms with E-state index in [1.165, 1.54) is 0 Å². The smallest absolute Gasteiger partial charge is 0.223 e. The Morgan fingerprint density at radius 2 is 1.69 bits per heavy atom. The summed E-state index contributed by atoms with van der Waals surface area (Å²) >= 11 is 0. The number of carbonyl (C=O) groups excluding carboxylic acids is 1. The number of hydrogen-bond acceptors (Lipinski definition) is 1. The highest BCUT2D eigenvalue weighted by Gasteiger charge is 2.27. The van der Waals surface area contributed by atoms with Crippen LogP contribution in [0.5, 0.6) is 0 Å². The second-order valence-corrected chi connectivity index (χ2v) is 6.21. The maximum Gasteiger partial charge on any atom is 0.223 e. The van der Waals surface area contributed by atoms with Crippen molar-refractivity contribution in [2.45, 2.75) is 66.8 Å². The number of hydrogen-bond donors (Lipinski definition) is 1. The van der Waals surface area contributed by atoms with Crippen LogP contribution in [0.15, 0.2) is 0 Å². The van der Waals surface area contributed by atoms with Crippen LogP contribution in [0.4, 0.5) is 0 Å². The Bertz CT molecular complexity index is 219. The Morgan fingerprint density at radius 1 is 1.19 bits per heavy atom. The molecule has 96 valence electrons. The molecule has 0 aliphatic carbocycles. The number of carbonyl (C=O) groups is 1. The fourth-order valence-electron chi connectivity index (χ4n) is 1.70. The summed E-state index contributed by atoms with van der Waals surface area (Å²) in [6.07, 6.45) is 1.94. The summed E-state index contributed by atoms with van der Waals surface area (Å²) in [4.78, 5) is 12.2. The molecule has 0 radical (unpaired) electrons. The average Bonchev–Trinajstić information content (AvgIpc) is 2.12. The van der Waals surface area contributed by atoms with Crippen LogP contribution in [0.2, 0.25) is 0 Å². The van der Waals surface area contributed by atoms with E-state index < -0.39 is 0 Å². The lowest BCUT2D eigenvalue weighted by Gasteiger charge is -2.29. The van der Waals surface area contributed by atoms with Crippen molar-refractivity contribution in [3.63, 3.8) is 0 Å². The summed E-state index contributed by atoms with van der Waals surface area (Å²) in [5.74, 6) is 1.35. The van der Waals surface area contributed by atoms with Crippen molar-refractivity contribution in [2.75, 3.05) is 0 Å². The molecule has 0 bridgehead atoms. The maximum absolute atomic E-state index is 12.2. The minimum atomic E-state index is -0.0821. The van der Waals surface area contributed by atoms with E-state index in [9.17, 15) is 4.79 Å². The first-order valence-corrected chi connectivity index (χ1v) is 6.51. The van der Waals surface area contributed by atoms with Gasteiger partial charge in [0.1, 0.15) is 0 Å². The molecule has 0 aromatic heterocycles. The Hall–Kier alpha value is -0.530. The van der Waals surface area contributed by atoms with Crippen molar-refractivity contribution in [1.29, 1.82) is 0 Å². The summed E-state index contributed by atoms with van der Waals surface area (Å²) in [6.45, 7) is 14.9. The molecule has 1 N–H and O–H groups in total.